The fraction of sp³-hybridized carbons (Fsp3) is 0.444. The summed E-state index contributed by atoms with van der Waals surface area (Å²) in [6, 6.07) is 33.9. The van der Waals surface area contributed by atoms with Gasteiger partial charge < -0.3 is 19.3 Å². The van der Waals surface area contributed by atoms with Crippen molar-refractivity contribution in [1.29, 1.82) is 0 Å². The minimum absolute atomic E-state index is 0.358. The molecule has 0 radical (unpaired) electrons. The van der Waals surface area contributed by atoms with Crippen LogP contribution in [0.15, 0.2) is 115 Å². The van der Waals surface area contributed by atoms with Gasteiger partial charge in [-0.1, -0.05) is 170 Å². The molecule has 2 fully saturated rings. The van der Waals surface area contributed by atoms with E-state index in [2.05, 4.69) is 150 Å². The Morgan fingerprint density at radius 2 is 1.10 bits per heavy atom. The van der Waals surface area contributed by atoms with E-state index in [4.69, 9.17) is 9.47 Å². The monoisotopic (exact) mass is 789 g/mol. The summed E-state index contributed by atoms with van der Waals surface area (Å²) in [5.74, 6) is 6.24. The van der Waals surface area contributed by atoms with Crippen LogP contribution >= 0.6 is 0 Å². The number of nitrogens with zero attached hydrogens (tertiary/aromatic N) is 2. The molecule has 58 heavy (non-hydrogen) atoms. The van der Waals surface area contributed by atoms with Crippen molar-refractivity contribution in [3.05, 3.63) is 143 Å². The minimum Gasteiger partial charge on any atom is -0.454 e. The fourth-order valence-electron chi connectivity index (χ4n) is 4.97. The summed E-state index contributed by atoms with van der Waals surface area (Å²) in [5.41, 5.74) is 8.01. The number of hydrogen-bond donors (Lipinski definition) is 0. The number of aryl methyl sites for hydroxylation is 2. The van der Waals surface area contributed by atoms with Gasteiger partial charge in [0.25, 0.3) is 0 Å². The average molecular weight is 789 g/mol. The van der Waals surface area contributed by atoms with Crippen LogP contribution in [0.5, 0.6) is 11.5 Å². The number of rotatable bonds is 4. The summed E-state index contributed by atoms with van der Waals surface area (Å²) in [6.45, 7) is 32.0. The number of anilines is 1. The first-order valence-electron chi connectivity index (χ1n) is 21.5. The predicted molar refractivity (Wildman–Crippen MR) is 259 cm³/mol. The predicted octanol–water partition coefficient (Wildman–Crippen LogP) is 14.8. The van der Waals surface area contributed by atoms with Gasteiger partial charge in [0.1, 0.15) is 0 Å². The standard InChI is InChI=1S/C14H22N2.C10H12O2.C9H10.C8H10.2C4H8.C3H4.C2H6/c1-12(2)13-4-6-14(7-5-13)16-10-8-15(3)9-11-16;1-7(2)8-3-4-9-10(5-8)12-6-11-9;1-2-6-9-7-4-3-5-8-9;1-7-3-5-8(2)6-4-7;1-4-2-3-4;1-3-4-2;1-3-2;1-2/h4-7,12H,8-11H2,1-3H3;3-5,7H,6H2,1-2H3;2-8H,1H3;3-6H,1-2H3;4H,2-3H2,1H3;3-4H,1-2H3;1H,2H3;1-2H3/b;;6-2+;;;4-3+;;. The number of fused-ring (bicyclic) bond motifs is 1. The van der Waals surface area contributed by atoms with Crippen molar-refractivity contribution < 1.29 is 9.47 Å². The van der Waals surface area contributed by atoms with Gasteiger partial charge in [-0.25, -0.2) is 0 Å². The number of piperazine rings is 1. The van der Waals surface area contributed by atoms with E-state index in [9.17, 15) is 0 Å². The third-order valence-electron chi connectivity index (χ3n) is 9.07. The molecular formula is C54H80N2O2. The Morgan fingerprint density at radius 1 is 0.655 bits per heavy atom. The number of terminal acetylenes is 1. The van der Waals surface area contributed by atoms with E-state index < -0.39 is 0 Å². The van der Waals surface area contributed by atoms with Crippen LogP contribution < -0.4 is 14.4 Å². The number of likely N-dealkylation sites (N-methyl/N-ethyl adjacent to an activating group) is 1. The van der Waals surface area contributed by atoms with Gasteiger partial charge in [-0.3, -0.25) is 0 Å². The Labute approximate surface area is 357 Å². The van der Waals surface area contributed by atoms with E-state index >= 15 is 0 Å². The summed E-state index contributed by atoms with van der Waals surface area (Å²) in [7, 11) is 2.19. The Kier molecular flexibility index (Phi) is 30.6. The van der Waals surface area contributed by atoms with E-state index in [0.29, 0.717) is 18.6 Å². The van der Waals surface area contributed by atoms with Crippen LogP contribution in [-0.2, 0) is 0 Å². The minimum atomic E-state index is 0.358. The highest BCUT2D eigenvalue weighted by molar-refractivity contribution is 5.49. The lowest BCUT2D eigenvalue weighted by Gasteiger charge is -2.34. The van der Waals surface area contributed by atoms with E-state index in [0.717, 1.165) is 30.5 Å². The number of ether oxygens (including phenoxy) is 2. The molecule has 0 aromatic heterocycles. The molecule has 0 atom stereocenters. The molecule has 3 aliphatic rings. The molecule has 0 spiro atoms. The number of allylic oxidation sites excluding steroid dienone is 3. The molecule has 1 aliphatic carbocycles. The van der Waals surface area contributed by atoms with Crippen molar-refractivity contribution in [2.24, 2.45) is 5.92 Å². The van der Waals surface area contributed by atoms with Gasteiger partial charge in [0.05, 0.1) is 0 Å². The smallest absolute Gasteiger partial charge is 0.231 e. The first kappa shape index (κ1) is 53.3. The second-order valence-electron chi connectivity index (χ2n) is 15.0. The first-order chi connectivity index (χ1) is 27.9. The summed E-state index contributed by atoms with van der Waals surface area (Å²) in [6.07, 6.45) is 15.7. The molecule has 4 heteroatoms. The highest BCUT2D eigenvalue weighted by Gasteiger charge is 2.15. The van der Waals surface area contributed by atoms with E-state index in [-0.39, 0.29) is 0 Å². The summed E-state index contributed by atoms with van der Waals surface area (Å²) in [4.78, 5) is 4.86. The molecule has 318 valence electrons. The van der Waals surface area contributed by atoms with Crippen LogP contribution in [0.3, 0.4) is 0 Å². The van der Waals surface area contributed by atoms with Crippen molar-refractivity contribution >= 4 is 11.8 Å². The Morgan fingerprint density at radius 3 is 1.52 bits per heavy atom. The second-order valence-corrected chi connectivity index (χ2v) is 15.0. The largest absolute Gasteiger partial charge is 0.454 e. The van der Waals surface area contributed by atoms with E-state index in [1.165, 1.54) is 59.4 Å². The molecular weight excluding hydrogens is 709 g/mol. The summed E-state index contributed by atoms with van der Waals surface area (Å²) in [5, 5.41) is 0. The summed E-state index contributed by atoms with van der Waals surface area (Å²) < 4.78 is 10.5. The van der Waals surface area contributed by atoms with Crippen molar-refractivity contribution in [3.8, 4) is 23.8 Å². The molecule has 4 aromatic carbocycles. The lowest BCUT2D eigenvalue weighted by Crippen LogP contribution is -2.44. The normalized spacial score (nSPS) is 13.5. The fourth-order valence-corrected chi connectivity index (χ4v) is 4.97. The maximum absolute atomic E-state index is 5.27. The van der Waals surface area contributed by atoms with Crippen LogP contribution in [0.2, 0.25) is 0 Å². The van der Waals surface area contributed by atoms with Gasteiger partial charge in [0.2, 0.25) is 6.79 Å². The zero-order chi connectivity index (χ0) is 43.7. The maximum Gasteiger partial charge on any atom is 0.231 e. The number of benzene rings is 4. The van der Waals surface area contributed by atoms with Crippen molar-refractivity contribution in [2.45, 2.75) is 115 Å². The first-order valence-corrected chi connectivity index (χ1v) is 21.5. The lowest BCUT2D eigenvalue weighted by molar-refractivity contribution is 0.174. The highest BCUT2D eigenvalue weighted by Crippen LogP contribution is 2.34. The van der Waals surface area contributed by atoms with Crippen LogP contribution in [0, 0.1) is 32.1 Å². The molecule has 2 aliphatic heterocycles. The number of hydrogen-bond acceptors (Lipinski definition) is 4. The molecule has 0 unspecified atom stereocenters. The third kappa shape index (κ3) is 25.5. The Hall–Kier alpha value is -4.72. The molecule has 7 rings (SSSR count). The highest BCUT2D eigenvalue weighted by atomic mass is 16.7. The second kappa shape index (κ2) is 33.3. The SMILES string of the molecule is C#CC.C/C=C/C.C/C=C/c1ccccc1.CC.CC(C)c1ccc(N2CCN(C)CC2)cc1.CC(C)c1ccc2c(c1)OCO2.CC1CC1.Cc1ccc(C)cc1. The zero-order valence-corrected chi connectivity index (χ0v) is 39.0. The van der Waals surface area contributed by atoms with Crippen LogP contribution in [0.4, 0.5) is 5.69 Å². The molecule has 4 aromatic rings. The topological polar surface area (TPSA) is 24.9 Å². The van der Waals surface area contributed by atoms with Crippen LogP contribution in [0.1, 0.15) is 129 Å². The Bertz CT molecular complexity index is 1630. The van der Waals surface area contributed by atoms with Gasteiger partial charge in [0, 0.05) is 31.9 Å². The van der Waals surface area contributed by atoms with Gasteiger partial charge in [-0.2, -0.15) is 0 Å². The van der Waals surface area contributed by atoms with E-state index in [1.54, 1.807) is 6.92 Å². The Balaban J connectivity index is 0.000000692. The lowest BCUT2D eigenvalue weighted by atomic mass is 10.0. The molecule has 2 heterocycles. The van der Waals surface area contributed by atoms with Crippen LogP contribution in [-0.4, -0.2) is 44.9 Å². The van der Waals surface area contributed by atoms with Crippen molar-refractivity contribution in [2.75, 3.05) is 44.9 Å². The van der Waals surface area contributed by atoms with Crippen molar-refractivity contribution in [3.63, 3.8) is 0 Å². The molecule has 4 nitrogen and oxygen atoms in total. The van der Waals surface area contributed by atoms with Gasteiger partial charge >= 0.3 is 0 Å². The van der Waals surface area contributed by atoms with E-state index in [1.807, 2.05) is 83.2 Å². The molecule has 1 saturated heterocycles. The van der Waals surface area contributed by atoms with Crippen molar-refractivity contribution in [1.82, 2.24) is 4.90 Å². The zero-order valence-electron chi connectivity index (χ0n) is 39.0. The average Bonchev–Trinajstić information content (AvgIpc) is 3.88. The van der Waals surface area contributed by atoms with Gasteiger partial charge in [0.15, 0.2) is 11.5 Å². The molecule has 0 N–H and O–H groups in total. The third-order valence-corrected chi connectivity index (χ3v) is 9.07. The van der Waals surface area contributed by atoms with Gasteiger partial charge in [-0.15, -0.1) is 12.3 Å². The summed E-state index contributed by atoms with van der Waals surface area (Å²) >= 11 is 0. The molecule has 1 saturated carbocycles. The molecule has 0 bridgehead atoms. The molecule has 0 amide bonds. The van der Waals surface area contributed by atoms with Gasteiger partial charge in [-0.05, 0) is 107 Å². The quantitative estimate of drug-likeness (QED) is 0.152. The van der Waals surface area contributed by atoms with Crippen LogP contribution in [0.25, 0.3) is 6.08 Å². The maximum atomic E-state index is 5.27.